The van der Waals surface area contributed by atoms with E-state index >= 15 is 0 Å². The number of halogens is 3. The first-order valence-electron chi connectivity index (χ1n) is 5.10. The molecule has 0 heterocycles. The van der Waals surface area contributed by atoms with Gasteiger partial charge in [-0.25, -0.2) is 0 Å². The lowest BCUT2D eigenvalue weighted by Gasteiger charge is -2.40. The van der Waals surface area contributed by atoms with E-state index in [4.69, 9.17) is 5.41 Å². The van der Waals surface area contributed by atoms with Crippen molar-refractivity contribution in [3.05, 3.63) is 29.8 Å². The highest BCUT2D eigenvalue weighted by Crippen LogP contribution is 2.43. The molecule has 0 amide bonds. The van der Waals surface area contributed by atoms with Crippen LogP contribution in [0.5, 0.6) is 0 Å². The minimum atomic E-state index is -4.27. The van der Waals surface area contributed by atoms with E-state index in [1.165, 1.54) is 12.1 Å². The highest BCUT2D eigenvalue weighted by atomic mass is 32.2. The zero-order valence-electron chi connectivity index (χ0n) is 8.98. The van der Waals surface area contributed by atoms with E-state index in [9.17, 15) is 13.2 Å². The van der Waals surface area contributed by atoms with Gasteiger partial charge < -0.3 is 5.41 Å². The summed E-state index contributed by atoms with van der Waals surface area (Å²) in [5.41, 5.74) is -2.93. The smallest absolute Gasteiger partial charge is 0.307 e. The van der Waals surface area contributed by atoms with Crippen molar-refractivity contribution in [3.63, 3.8) is 0 Å². The summed E-state index contributed by atoms with van der Waals surface area (Å²) in [6, 6.07) is 6.18. The van der Waals surface area contributed by atoms with Crippen LogP contribution in [0.3, 0.4) is 0 Å². The van der Waals surface area contributed by atoms with Crippen molar-refractivity contribution in [1.82, 2.24) is 0 Å². The second-order valence-electron chi connectivity index (χ2n) is 3.99. The average molecular weight is 309 g/mol. The van der Waals surface area contributed by atoms with E-state index in [1.807, 2.05) is 0 Å². The molecular formula is C11H10F3NS3. The molecule has 0 radical (unpaired) electrons. The van der Waals surface area contributed by atoms with Crippen molar-refractivity contribution in [2.75, 3.05) is 0 Å². The molecule has 1 nitrogen and oxygen atoms in total. The molecule has 2 atom stereocenters. The molecule has 98 valence electrons. The Bertz CT molecular complexity index is 446. The molecule has 2 rings (SSSR count). The zero-order chi connectivity index (χ0) is 13.5. The molecule has 1 aliphatic rings. The molecule has 1 saturated carbocycles. The van der Waals surface area contributed by atoms with Crippen molar-refractivity contribution in [2.24, 2.45) is 0 Å². The van der Waals surface area contributed by atoms with Crippen LogP contribution in [0.15, 0.2) is 29.2 Å². The van der Waals surface area contributed by atoms with Crippen LogP contribution in [-0.2, 0) is 0 Å². The topological polar surface area (TPSA) is 23.9 Å². The Morgan fingerprint density at radius 1 is 1.06 bits per heavy atom. The van der Waals surface area contributed by atoms with Gasteiger partial charge in [-0.05, 0) is 29.5 Å². The third kappa shape index (κ3) is 2.83. The van der Waals surface area contributed by atoms with E-state index < -0.39 is 5.51 Å². The van der Waals surface area contributed by atoms with Crippen molar-refractivity contribution in [2.45, 2.75) is 26.8 Å². The monoisotopic (exact) mass is 309 g/mol. The van der Waals surface area contributed by atoms with Crippen molar-refractivity contribution in [3.8, 4) is 0 Å². The number of hydrogen-bond acceptors (Lipinski definition) is 4. The molecule has 0 saturated heterocycles. The Morgan fingerprint density at radius 2 is 1.56 bits per heavy atom. The number of alkyl halides is 3. The fourth-order valence-electron chi connectivity index (χ4n) is 1.87. The maximum atomic E-state index is 12.2. The van der Waals surface area contributed by atoms with Gasteiger partial charge in [0.05, 0.1) is 0 Å². The molecule has 0 bridgehead atoms. The summed E-state index contributed by atoms with van der Waals surface area (Å²) < 4.78 is 36.5. The van der Waals surface area contributed by atoms with Gasteiger partial charge in [0.1, 0.15) is 0 Å². The van der Waals surface area contributed by atoms with Gasteiger partial charge in [0, 0.05) is 27.0 Å². The Kier molecular flexibility index (Phi) is 3.94. The average Bonchev–Trinajstić information content (AvgIpc) is 2.29. The van der Waals surface area contributed by atoms with Crippen LogP contribution in [-0.4, -0.2) is 21.7 Å². The predicted octanol–water partition coefficient (Wildman–Crippen LogP) is 4.01. The summed E-state index contributed by atoms with van der Waals surface area (Å²) in [5, 5.41) is 7.20. The van der Waals surface area contributed by atoms with Crippen molar-refractivity contribution in [1.29, 1.82) is 5.41 Å². The highest BCUT2D eigenvalue weighted by Gasteiger charge is 2.43. The summed E-state index contributed by atoms with van der Waals surface area (Å²) in [6.07, 6.45) is 0. The minimum absolute atomic E-state index is 0.00546. The molecule has 7 heteroatoms. The normalized spacial score (nSPS) is 28.1. The SMILES string of the molecule is N=C1C(S)C(c2ccc(SC(F)(F)F)cc2)C1S. The maximum Gasteiger partial charge on any atom is 0.446 e. The third-order valence-electron chi connectivity index (χ3n) is 2.82. The molecule has 18 heavy (non-hydrogen) atoms. The first-order valence-corrected chi connectivity index (χ1v) is 6.94. The molecule has 1 aromatic carbocycles. The fraction of sp³-hybridized carbons (Fsp3) is 0.364. The van der Waals surface area contributed by atoms with E-state index in [2.05, 4.69) is 25.3 Å². The van der Waals surface area contributed by atoms with E-state index in [1.54, 1.807) is 12.1 Å². The number of hydrogen-bond donors (Lipinski definition) is 3. The molecule has 1 N–H and O–H groups in total. The van der Waals surface area contributed by atoms with Gasteiger partial charge in [-0.2, -0.15) is 38.4 Å². The van der Waals surface area contributed by atoms with Crippen LogP contribution in [0.1, 0.15) is 11.5 Å². The Morgan fingerprint density at radius 3 is 2.00 bits per heavy atom. The van der Waals surface area contributed by atoms with Crippen molar-refractivity contribution < 1.29 is 13.2 Å². The number of thioether (sulfide) groups is 1. The first kappa shape index (κ1) is 14.1. The summed E-state index contributed by atoms with van der Waals surface area (Å²) in [4.78, 5) is 0.159. The third-order valence-corrected chi connectivity index (χ3v) is 4.75. The van der Waals surface area contributed by atoms with E-state index in [0.717, 1.165) is 5.56 Å². The molecule has 1 fully saturated rings. The van der Waals surface area contributed by atoms with Crippen LogP contribution in [0.25, 0.3) is 0 Å². The molecule has 0 aliphatic heterocycles. The summed E-state index contributed by atoms with van der Waals surface area (Å²) in [5.74, 6) is -0.00546. The quantitative estimate of drug-likeness (QED) is 0.558. The summed E-state index contributed by atoms with van der Waals surface area (Å²) in [6.45, 7) is 0. The van der Waals surface area contributed by atoms with Gasteiger partial charge in [0.25, 0.3) is 0 Å². The Labute approximate surface area is 118 Å². The van der Waals surface area contributed by atoms with Gasteiger partial charge in [-0.1, -0.05) is 12.1 Å². The van der Waals surface area contributed by atoms with Gasteiger partial charge in [-0.15, -0.1) is 0 Å². The molecule has 1 aliphatic carbocycles. The second kappa shape index (κ2) is 5.02. The van der Waals surface area contributed by atoms with Crippen LogP contribution in [0.2, 0.25) is 0 Å². The van der Waals surface area contributed by atoms with Gasteiger partial charge in [-0.3, -0.25) is 0 Å². The largest absolute Gasteiger partial charge is 0.446 e. The molecule has 0 aromatic heterocycles. The highest BCUT2D eigenvalue weighted by molar-refractivity contribution is 8.00. The number of benzene rings is 1. The zero-order valence-corrected chi connectivity index (χ0v) is 11.6. The lowest BCUT2D eigenvalue weighted by molar-refractivity contribution is -0.0328. The standard InChI is InChI=1S/C11H10F3NS3/c12-11(13,14)18-6-3-1-5(2-4-6)7-9(16)8(15)10(7)17/h1-4,7,9-10,15-17H. The second-order valence-corrected chi connectivity index (χ2v) is 6.24. The van der Waals surface area contributed by atoms with E-state index in [0.29, 0.717) is 5.71 Å². The van der Waals surface area contributed by atoms with Gasteiger partial charge in [0.15, 0.2) is 0 Å². The van der Waals surface area contributed by atoms with Crippen molar-refractivity contribution >= 4 is 42.7 Å². The predicted molar refractivity (Wildman–Crippen MR) is 74.4 cm³/mol. The van der Waals surface area contributed by atoms with Gasteiger partial charge in [0.2, 0.25) is 0 Å². The lowest BCUT2D eigenvalue weighted by atomic mass is 9.77. The summed E-state index contributed by atoms with van der Waals surface area (Å²) >= 11 is 8.43. The molecule has 1 aromatic rings. The maximum absolute atomic E-state index is 12.2. The number of thiol groups is 2. The Hall–Kier alpha value is -0.270. The van der Waals surface area contributed by atoms with E-state index in [-0.39, 0.29) is 33.1 Å². The van der Waals surface area contributed by atoms with Crippen LogP contribution >= 0.6 is 37.0 Å². The minimum Gasteiger partial charge on any atom is -0.307 e. The number of nitrogens with one attached hydrogen (secondary N) is 1. The number of rotatable bonds is 2. The summed E-state index contributed by atoms with van der Waals surface area (Å²) in [7, 11) is 0. The Balaban J connectivity index is 2.11. The van der Waals surface area contributed by atoms with Crippen LogP contribution in [0.4, 0.5) is 13.2 Å². The van der Waals surface area contributed by atoms with Crippen LogP contribution < -0.4 is 0 Å². The van der Waals surface area contributed by atoms with Crippen LogP contribution in [0, 0.1) is 5.41 Å². The molecule has 2 unspecified atom stereocenters. The molecule has 0 spiro atoms. The fourth-order valence-corrected chi connectivity index (χ4v) is 3.67. The first-order chi connectivity index (χ1) is 8.29. The van der Waals surface area contributed by atoms with Gasteiger partial charge >= 0.3 is 5.51 Å². The lowest BCUT2D eigenvalue weighted by Crippen LogP contribution is -2.47. The molecular weight excluding hydrogens is 299 g/mol.